The minimum absolute atomic E-state index is 0.0830. The van der Waals surface area contributed by atoms with Crippen molar-refractivity contribution in [3.63, 3.8) is 0 Å². The van der Waals surface area contributed by atoms with Crippen LogP contribution in [0.25, 0.3) is 11.0 Å². The highest BCUT2D eigenvalue weighted by molar-refractivity contribution is 5.81. The summed E-state index contributed by atoms with van der Waals surface area (Å²) in [5, 5.41) is 4.32. The van der Waals surface area contributed by atoms with Crippen LogP contribution in [-0.2, 0) is 17.8 Å². The van der Waals surface area contributed by atoms with Crippen molar-refractivity contribution in [3.8, 4) is 0 Å². The summed E-state index contributed by atoms with van der Waals surface area (Å²) < 4.78 is 37.1. The molecule has 1 aliphatic rings. The molecule has 0 spiro atoms. The van der Waals surface area contributed by atoms with Crippen molar-refractivity contribution in [2.24, 2.45) is 0 Å². The van der Waals surface area contributed by atoms with Crippen molar-refractivity contribution < 1.29 is 22.5 Å². The maximum Gasteiger partial charge on any atom is 0.231 e. The lowest BCUT2D eigenvalue weighted by atomic mass is 10.1. The largest absolute Gasteiger partial charge is 0.461 e. The fraction of sp³-hybridized carbons (Fsp3) is 0.312. The highest BCUT2D eigenvalue weighted by atomic mass is 19.2. The Hall–Kier alpha value is -2.77. The summed E-state index contributed by atoms with van der Waals surface area (Å²) in [6.45, 7) is 1.01. The second kappa shape index (κ2) is 5.70. The molecule has 0 aliphatic carbocycles. The number of aromatic nitrogens is 2. The fourth-order valence-electron chi connectivity index (χ4n) is 2.86. The summed E-state index contributed by atoms with van der Waals surface area (Å²) in [6, 6.07) is 2.50. The third kappa shape index (κ3) is 2.53. The molecule has 0 saturated carbocycles. The van der Waals surface area contributed by atoms with E-state index in [1.54, 1.807) is 4.90 Å². The highest BCUT2D eigenvalue weighted by Gasteiger charge is 2.22. The number of nitrogens with zero attached hydrogens (tertiary/aromatic N) is 3. The number of rotatable bonds is 4. The van der Waals surface area contributed by atoms with Crippen LogP contribution in [0.15, 0.2) is 27.3 Å². The average Bonchev–Trinajstić information content (AvgIpc) is 3.27. The number of amides is 1. The molecule has 1 saturated heterocycles. The van der Waals surface area contributed by atoms with Crippen LogP contribution in [0.3, 0.4) is 0 Å². The molecule has 0 unspecified atom stereocenters. The number of furan rings is 1. The minimum atomic E-state index is -1.02. The van der Waals surface area contributed by atoms with Gasteiger partial charge in [0.2, 0.25) is 17.6 Å². The second-order valence-electron chi connectivity index (χ2n) is 5.70. The maximum absolute atomic E-state index is 13.7. The van der Waals surface area contributed by atoms with E-state index in [1.165, 1.54) is 12.3 Å². The molecule has 0 bridgehead atoms. The summed E-state index contributed by atoms with van der Waals surface area (Å²) in [5.74, 6) is -1.15. The van der Waals surface area contributed by atoms with Crippen molar-refractivity contribution in [3.05, 3.63) is 47.3 Å². The van der Waals surface area contributed by atoms with Gasteiger partial charge in [0, 0.05) is 23.9 Å². The number of likely N-dealkylation sites (tertiary alicyclic amines) is 1. The molecule has 3 aromatic rings. The first-order valence-corrected chi connectivity index (χ1v) is 7.55. The number of carbonyl (C=O) groups is 1. The standard InChI is InChI=1S/C16H13F2N3O3/c17-11-4-3-10-9(8-23-16(10)15(11)18)6-13-19-12(20-24-13)7-21-5-1-2-14(21)22/h3-4,8H,1-2,5-7H2. The molecule has 1 aliphatic heterocycles. The van der Waals surface area contributed by atoms with E-state index in [2.05, 4.69) is 10.1 Å². The van der Waals surface area contributed by atoms with Crippen molar-refractivity contribution in [2.45, 2.75) is 25.8 Å². The summed E-state index contributed by atoms with van der Waals surface area (Å²) in [4.78, 5) is 17.5. The van der Waals surface area contributed by atoms with Gasteiger partial charge in [0.1, 0.15) is 0 Å². The molecule has 2 aromatic heterocycles. The van der Waals surface area contributed by atoms with Gasteiger partial charge in [-0.3, -0.25) is 4.79 Å². The first-order chi connectivity index (χ1) is 11.6. The lowest BCUT2D eigenvalue weighted by Crippen LogP contribution is -2.24. The third-order valence-corrected chi connectivity index (χ3v) is 4.07. The predicted octanol–water partition coefficient (Wildman–Crippen LogP) is 2.81. The Balaban J connectivity index is 1.54. The summed E-state index contributed by atoms with van der Waals surface area (Å²) in [5.41, 5.74) is 0.490. The maximum atomic E-state index is 13.7. The lowest BCUT2D eigenvalue weighted by Gasteiger charge is -2.11. The monoisotopic (exact) mass is 333 g/mol. The number of fused-ring (bicyclic) bond motifs is 1. The summed E-state index contributed by atoms with van der Waals surface area (Å²) in [7, 11) is 0. The van der Waals surface area contributed by atoms with Crippen molar-refractivity contribution in [2.75, 3.05) is 6.54 Å². The summed E-state index contributed by atoms with van der Waals surface area (Å²) in [6.07, 6.45) is 2.97. The topological polar surface area (TPSA) is 72.4 Å². The Morgan fingerprint density at radius 3 is 2.96 bits per heavy atom. The van der Waals surface area contributed by atoms with E-state index < -0.39 is 11.6 Å². The quantitative estimate of drug-likeness (QED) is 0.734. The van der Waals surface area contributed by atoms with Crippen LogP contribution in [0.1, 0.15) is 30.1 Å². The molecule has 4 rings (SSSR count). The molecule has 0 atom stereocenters. The molecule has 1 fully saturated rings. The Morgan fingerprint density at radius 1 is 1.29 bits per heavy atom. The van der Waals surface area contributed by atoms with Gasteiger partial charge in [0.15, 0.2) is 17.2 Å². The van der Waals surface area contributed by atoms with Crippen molar-refractivity contribution in [1.82, 2.24) is 15.0 Å². The molecule has 1 amide bonds. The van der Waals surface area contributed by atoms with Gasteiger partial charge in [-0.05, 0) is 18.6 Å². The van der Waals surface area contributed by atoms with E-state index in [-0.39, 0.29) is 17.9 Å². The normalized spacial score (nSPS) is 14.9. The SMILES string of the molecule is O=C1CCCN1Cc1noc(Cc2coc3c(F)c(F)ccc23)n1. The van der Waals surface area contributed by atoms with Crippen LogP contribution in [-0.4, -0.2) is 27.5 Å². The molecular weight excluding hydrogens is 320 g/mol. The lowest BCUT2D eigenvalue weighted by molar-refractivity contribution is -0.128. The van der Waals surface area contributed by atoms with Crippen LogP contribution >= 0.6 is 0 Å². The first kappa shape index (κ1) is 14.8. The Kier molecular flexibility index (Phi) is 3.51. The van der Waals surface area contributed by atoms with Gasteiger partial charge in [-0.2, -0.15) is 9.37 Å². The third-order valence-electron chi connectivity index (χ3n) is 4.07. The Bertz CT molecular complexity index is 919. The average molecular weight is 333 g/mol. The number of carbonyl (C=O) groups excluding carboxylic acids is 1. The van der Waals surface area contributed by atoms with Crippen LogP contribution in [0.2, 0.25) is 0 Å². The number of benzene rings is 1. The zero-order chi connectivity index (χ0) is 16.7. The van der Waals surface area contributed by atoms with Gasteiger partial charge < -0.3 is 13.8 Å². The molecule has 124 valence electrons. The molecule has 8 heteroatoms. The van der Waals surface area contributed by atoms with Gasteiger partial charge in [-0.1, -0.05) is 5.16 Å². The Labute approximate surface area is 135 Å². The van der Waals surface area contributed by atoms with Crippen LogP contribution in [0.4, 0.5) is 8.78 Å². The van der Waals surface area contributed by atoms with Gasteiger partial charge >= 0.3 is 0 Å². The smallest absolute Gasteiger partial charge is 0.231 e. The number of halogens is 2. The molecule has 6 nitrogen and oxygen atoms in total. The molecule has 0 N–H and O–H groups in total. The number of hydrogen-bond donors (Lipinski definition) is 0. The summed E-state index contributed by atoms with van der Waals surface area (Å²) >= 11 is 0. The van der Waals surface area contributed by atoms with E-state index in [9.17, 15) is 13.6 Å². The van der Waals surface area contributed by atoms with Gasteiger partial charge in [0.25, 0.3) is 0 Å². The van der Waals surface area contributed by atoms with Gasteiger partial charge in [0.05, 0.1) is 19.2 Å². The molecule has 3 heterocycles. The molecular formula is C16H13F2N3O3. The van der Waals surface area contributed by atoms with Crippen molar-refractivity contribution in [1.29, 1.82) is 0 Å². The van der Waals surface area contributed by atoms with Crippen LogP contribution in [0, 0.1) is 11.6 Å². The fourth-order valence-corrected chi connectivity index (χ4v) is 2.86. The highest BCUT2D eigenvalue weighted by Crippen LogP contribution is 2.27. The Morgan fingerprint density at radius 2 is 2.17 bits per heavy atom. The van der Waals surface area contributed by atoms with Gasteiger partial charge in [-0.15, -0.1) is 0 Å². The zero-order valence-corrected chi connectivity index (χ0v) is 12.6. The van der Waals surface area contributed by atoms with Crippen molar-refractivity contribution >= 4 is 16.9 Å². The first-order valence-electron chi connectivity index (χ1n) is 7.55. The molecule has 24 heavy (non-hydrogen) atoms. The number of hydrogen-bond acceptors (Lipinski definition) is 5. The molecule has 0 radical (unpaired) electrons. The minimum Gasteiger partial charge on any atom is -0.461 e. The van der Waals surface area contributed by atoms with E-state index in [0.717, 1.165) is 12.5 Å². The van der Waals surface area contributed by atoms with Crippen LogP contribution in [0.5, 0.6) is 0 Å². The van der Waals surface area contributed by atoms with E-state index in [4.69, 9.17) is 8.94 Å². The van der Waals surface area contributed by atoms with Gasteiger partial charge in [-0.25, -0.2) is 4.39 Å². The van der Waals surface area contributed by atoms with Crippen LogP contribution < -0.4 is 0 Å². The predicted molar refractivity (Wildman–Crippen MR) is 77.9 cm³/mol. The van der Waals surface area contributed by atoms with E-state index in [0.29, 0.717) is 42.2 Å². The van der Waals surface area contributed by atoms with E-state index in [1.807, 2.05) is 0 Å². The van der Waals surface area contributed by atoms with E-state index >= 15 is 0 Å². The second-order valence-corrected chi connectivity index (χ2v) is 5.70. The zero-order valence-electron chi connectivity index (χ0n) is 12.6. The molecule has 1 aromatic carbocycles.